The van der Waals surface area contributed by atoms with Gasteiger partial charge in [-0.05, 0) is 48.9 Å². The Bertz CT molecular complexity index is 1520. The van der Waals surface area contributed by atoms with Crippen LogP contribution >= 0.6 is 23.1 Å². The van der Waals surface area contributed by atoms with Crippen molar-refractivity contribution in [3.8, 4) is 11.3 Å². The van der Waals surface area contributed by atoms with Crippen LogP contribution in [-0.2, 0) is 4.79 Å². The lowest BCUT2D eigenvalue weighted by atomic mass is 10.1. The summed E-state index contributed by atoms with van der Waals surface area (Å²) in [4.78, 5) is 31.5. The van der Waals surface area contributed by atoms with Crippen LogP contribution in [0.5, 0.6) is 0 Å². The second-order valence-electron chi connectivity index (χ2n) is 8.65. The van der Waals surface area contributed by atoms with Gasteiger partial charge in [0.25, 0.3) is 5.91 Å². The number of rotatable bonds is 8. The van der Waals surface area contributed by atoms with Gasteiger partial charge in [0.1, 0.15) is 5.25 Å². The molecule has 0 aliphatic heterocycles. The van der Waals surface area contributed by atoms with Gasteiger partial charge in [-0.15, -0.1) is 23.1 Å². The summed E-state index contributed by atoms with van der Waals surface area (Å²) < 4.78 is 0. The van der Waals surface area contributed by atoms with Crippen LogP contribution in [0.15, 0.2) is 119 Å². The highest BCUT2D eigenvalue weighted by Gasteiger charge is 2.23. The average molecular weight is 536 g/mol. The van der Waals surface area contributed by atoms with Gasteiger partial charge in [0.15, 0.2) is 5.13 Å². The first-order valence-electron chi connectivity index (χ1n) is 12.1. The fourth-order valence-corrected chi connectivity index (χ4v) is 5.55. The van der Waals surface area contributed by atoms with E-state index >= 15 is 0 Å². The lowest BCUT2D eigenvalue weighted by Gasteiger charge is -2.16. The number of thioether (sulfide) groups is 1. The number of anilines is 2. The quantitative estimate of drug-likeness (QED) is 0.199. The number of hydrogen-bond donors (Lipinski definition) is 2. The molecule has 5 aromatic rings. The van der Waals surface area contributed by atoms with Crippen molar-refractivity contribution in [3.63, 3.8) is 0 Å². The summed E-state index contributed by atoms with van der Waals surface area (Å²) >= 11 is 2.86. The molecule has 1 unspecified atom stereocenters. The molecular weight excluding hydrogens is 510 g/mol. The number of benzene rings is 4. The Balaban J connectivity index is 1.29. The highest BCUT2D eigenvalue weighted by Crippen LogP contribution is 2.37. The van der Waals surface area contributed by atoms with Crippen LogP contribution in [0.1, 0.15) is 26.7 Å². The van der Waals surface area contributed by atoms with Gasteiger partial charge in [-0.3, -0.25) is 9.59 Å². The Hall–Kier alpha value is -4.20. The summed E-state index contributed by atoms with van der Waals surface area (Å²) in [6, 6.07) is 34.5. The predicted molar refractivity (Wildman–Crippen MR) is 157 cm³/mol. The third-order valence-electron chi connectivity index (χ3n) is 5.82. The Morgan fingerprint density at radius 1 is 0.789 bits per heavy atom. The van der Waals surface area contributed by atoms with Gasteiger partial charge in [0.05, 0.1) is 5.69 Å². The molecule has 1 atom stereocenters. The number of carbonyl (C=O) groups is 2. The van der Waals surface area contributed by atoms with E-state index < -0.39 is 5.25 Å². The minimum Gasteiger partial charge on any atom is -0.322 e. The Morgan fingerprint density at radius 2 is 1.45 bits per heavy atom. The largest absolute Gasteiger partial charge is 0.322 e. The molecule has 188 valence electrons. The van der Waals surface area contributed by atoms with E-state index in [2.05, 4.69) is 15.6 Å². The van der Waals surface area contributed by atoms with E-state index in [9.17, 15) is 9.59 Å². The van der Waals surface area contributed by atoms with Crippen molar-refractivity contribution in [2.75, 3.05) is 10.6 Å². The number of nitrogens with one attached hydrogen (secondary N) is 2. The molecule has 1 heterocycles. The lowest BCUT2D eigenvalue weighted by molar-refractivity contribution is -0.115. The van der Waals surface area contributed by atoms with E-state index in [0.717, 1.165) is 27.3 Å². The van der Waals surface area contributed by atoms with E-state index in [1.54, 1.807) is 0 Å². The van der Waals surface area contributed by atoms with Crippen LogP contribution < -0.4 is 10.6 Å². The van der Waals surface area contributed by atoms with Crippen molar-refractivity contribution in [3.05, 3.63) is 131 Å². The molecule has 4 aromatic carbocycles. The van der Waals surface area contributed by atoms with Gasteiger partial charge in [0, 0.05) is 27.1 Å². The fraction of sp³-hybridized carbons (Fsp3) is 0.0645. The third kappa shape index (κ3) is 6.37. The van der Waals surface area contributed by atoms with Gasteiger partial charge in [-0.1, -0.05) is 78.4 Å². The van der Waals surface area contributed by atoms with E-state index in [1.165, 1.54) is 23.1 Å². The van der Waals surface area contributed by atoms with Crippen molar-refractivity contribution >= 4 is 45.7 Å². The van der Waals surface area contributed by atoms with Crippen molar-refractivity contribution in [2.24, 2.45) is 0 Å². The van der Waals surface area contributed by atoms with Gasteiger partial charge >= 0.3 is 0 Å². The number of aromatic nitrogens is 1. The zero-order valence-electron chi connectivity index (χ0n) is 20.6. The van der Waals surface area contributed by atoms with E-state index in [0.29, 0.717) is 16.4 Å². The molecule has 1 aromatic heterocycles. The van der Waals surface area contributed by atoms with Crippen LogP contribution in [0.2, 0.25) is 0 Å². The van der Waals surface area contributed by atoms with Gasteiger partial charge < -0.3 is 10.6 Å². The van der Waals surface area contributed by atoms with Crippen molar-refractivity contribution in [1.29, 1.82) is 0 Å². The van der Waals surface area contributed by atoms with Crippen molar-refractivity contribution in [1.82, 2.24) is 4.98 Å². The van der Waals surface area contributed by atoms with Crippen LogP contribution in [0, 0.1) is 6.92 Å². The highest BCUT2D eigenvalue weighted by atomic mass is 32.2. The molecular formula is C31H25N3O2S2. The molecule has 0 aliphatic carbocycles. The maximum absolute atomic E-state index is 13.4. The summed E-state index contributed by atoms with van der Waals surface area (Å²) in [5, 5.41) is 7.95. The first-order chi connectivity index (χ1) is 18.5. The first-order valence-corrected chi connectivity index (χ1v) is 13.8. The number of nitrogens with zero attached hydrogens (tertiary/aromatic N) is 1. The van der Waals surface area contributed by atoms with E-state index in [4.69, 9.17) is 0 Å². The zero-order valence-corrected chi connectivity index (χ0v) is 22.3. The monoisotopic (exact) mass is 535 g/mol. The molecule has 0 bridgehead atoms. The molecule has 38 heavy (non-hydrogen) atoms. The molecule has 0 saturated heterocycles. The molecule has 2 N–H and O–H groups in total. The Labute approximate surface area is 230 Å². The first kappa shape index (κ1) is 25.4. The van der Waals surface area contributed by atoms with E-state index in [-0.39, 0.29) is 11.8 Å². The minimum atomic E-state index is -0.478. The second-order valence-corrected chi connectivity index (χ2v) is 10.7. The summed E-state index contributed by atoms with van der Waals surface area (Å²) in [5.41, 5.74) is 5.13. The topological polar surface area (TPSA) is 71.1 Å². The van der Waals surface area contributed by atoms with Crippen LogP contribution in [0.25, 0.3) is 11.3 Å². The number of aryl methyl sites for hydroxylation is 1. The average Bonchev–Trinajstić information content (AvgIpc) is 3.42. The van der Waals surface area contributed by atoms with Crippen LogP contribution in [-0.4, -0.2) is 16.8 Å². The predicted octanol–water partition coefficient (Wildman–Crippen LogP) is 7.84. The maximum Gasteiger partial charge on any atom is 0.255 e. The zero-order chi connectivity index (χ0) is 26.3. The lowest BCUT2D eigenvalue weighted by Crippen LogP contribution is -2.19. The molecule has 0 aliphatic rings. The number of carbonyl (C=O) groups excluding carboxylic acids is 2. The smallest absolute Gasteiger partial charge is 0.255 e. The summed E-state index contributed by atoms with van der Waals surface area (Å²) in [6.45, 7) is 1.99. The number of amides is 2. The van der Waals surface area contributed by atoms with Gasteiger partial charge in [-0.25, -0.2) is 4.98 Å². The van der Waals surface area contributed by atoms with E-state index in [1.807, 2.05) is 121 Å². The molecule has 2 amide bonds. The Morgan fingerprint density at radius 3 is 2.13 bits per heavy atom. The van der Waals surface area contributed by atoms with Crippen LogP contribution in [0.3, 0.4) is 0 Å². The van der Waals surface area contributed by atoms with Gasteiger partial charge in [0.2, 0.25) is 5.91 Å². The third-order valence-corrected chi connectivity index (χ3v) is 7.85. The molecule has 0 saturated carbocycles. The van der Waals surface area contributed by atoms with Gasteiger partial charge in [-0.2, -0.15) is 0 Å². The van der Waals surface area contributed by atoms with Crippen molar-refractivity contribution in [2.45, 2.75) is 17.1 Å². The molecule has 0 fully saturated rings. The molecule has 0 spiro atoms. The summed E-state index contributed by atoms with van der Waals surface area (Å²) in [5.74, 6) is -0.308. The molecule has 0 radical (unpaired) electrons. The maximum atomic E-state index is 13.4. The molecule has 7 heteroatoms. The number of hydrogen-bond acceptors (Lipinski definition) is 5. The Kier molecular flexibility index (Phi) is 7.97. The minimum absolute atomic E-state index is 0.146. The highest BCUT2D eigenvalue weighted by molar-refractivity contribution is 8.00. The summed E-state index contributed by atoms with van der Waals surface area (Å²) in [6.07, 6.45) is 0. The second kappa shape index (κ2) is 11.9. The van der Waals surface area contributed by atoms with Crippen LogP contribution in [0.4, 0.5) is 10.8 Å². The SMILES string of the molecule is Cc1ccc(C(=O)Nc2ccc(SC(C(=O)Nc3nc(-c4ccccc4)cs3)c3ccccc3)cc2)cc1. The normalized spacial score (nSPS) is 11.5. The molecule has 5 nitrogen and oxygen atoms in total. The molecule has 5 rings (SSSR count). The number of thiazole rings is 1. The van der Waals surface area contributed by atoms with Crippen molar-refractivity contribution < 1.29 is 9.59 Å². The standard InChI is InChI=1S/C31H25N3O2S2/c1-21-12-14-24(15-13-21)29(35)32-25-16-18-26(19-17-25)38-28(23-10-6-3-7-11-23)30(36)34-31-33-27(20-37-31)22-8-4-2-5-9-22/h2-20,28H,1H3,(H,32,35)(H,33,34,36). The fourth-order valence-electron chi connectivity index (χ4n) is 3.81. The summed E-state index contributed by atoms with van der Waals surface area (Å²) in [7, 11) is 0.